The molecule has 16 heavy (non-hydrogen) atoms. The second-order valence-corrected chi connectivity index (χ2v) is 5.12. The van der Waals surface area contributed by atoms with Gasteiger partial charge in [0.2, 0.25) is 0 Å². The van der Waals surface area contributed by atoms with E-state index >= 15 is 0 Å². The predicted octanol–water partition coefficient (Wildman–Crippen LogP) is 2.25. The number of terminal acetylenes is 1. The van der Waals surface area contributed by atoms with Crippen LogP contribution in [0.4, 0.5) is 0 Å². The van der Waals surface area contributed by atoms with Crippen LogP contribution in [0.5, 0.6) is 0 Å². The van der Waals surface area contributed by atoms with Gasteiger partial charge in [-0.05, 0) is 39.9 Å². The van der Waals surface area contributed by atoms with E-state index in [-0.39, 0.29) is 0 Å². The molecule has 0 aliphatic heterocycles. The number of nitrogens with one attached hydrogen (secondary N) is 1. The first-order chi connectivity index (χ1) is 7.67. The van der Waals surface area contributed by atoms with Gasteiger partial charge in [0.05, 0.1) is 0 Å². The summed E-state index contributed by atoms with van der Waals surface area (Å²) in [4.78, 5) is 2.39. The molecule has 0 heterocycles. The van der Waals surface area contributed by atoms with Gasteiger partial charge in [0.1, 0.15) is 0 Å². The highest BCUT2D eigenvalue weighted by Crippen LogP contribution is 2.37. The second-order valence-electron chi connectivity index (χ2n) is 5.12. The molecule has 2 heteroatoms. The number of likely N-dealkylation sites (N-methyl/N-ethyl adjacent to an activating group) is 1. The van der Waals surface area contributed by atoms with Crippen molar-refractivity contribution in [2.75, 3.05) is 20.6 Å². The van der Waals surface area contributed by atoms with E-state index < -0.39 is 0 Å². The molecule has 0 aromatic carbocycles. The molecule has 0 spiro atoms. The molecule has 0 aromatic rings. The van der Waals surface area contributed by atoms with Crippen molar-refractivity contribution in [1.82, 2.24) is 10.2 Å². The lowest BCUT2D eigenvalue weighted by Gasteiger charge is -2.43. The van der Waals surface area contributed by atoms with Crippen LogP contribution in [0.3, 0.4) is 0 Å². The molecule has 1 atom stereocenters. The average Bonchev–Trinajstić information content (AvgIpc) is 2.74. The van der Waals surface area contributed by atoms with Crippen LogP contribution >= 0.6 is 0 Å². The van der Waals surface area contributed by atoms with Crippen molar-refractivity contribution in [3.63, 3.8) is 0 Å². The zero-order valence-electron chi connectivity index (χ0n) is 11.1. The van der Waals surface area contributed by atoms with Crippen molar-refractivity contribution in [2.45, 2.75) is 57.0 Å². The molecule has 1 rings (SSSR count). The number of hydrogen-bond acceptors (Lipinski definition) is 2. The van der Waals surface area contributed by atoms with Gasteiger partial charge in [-0.1, -0.05) is 19.8 Å². The van der Waals surface area contributed by atoms with E-state index in [1.54, 1.807) is 0 Å². The van der Waals surface area contributed by atoms with Crippen LogP contribution in [0.1, 0.15) is 45.4 Å². The maximum atomic E-state index is 5.52. The molecule has 1 N–H and O–H groups in total. The largest absolute Gasteiger partial charge is 0.311 e. The van der Waals surface area contributed by atoms with Gasteiger partial charge in [-0.2, -0.15) is 0 Å². The Morgan fingerprint density at radius 3 is 2.44 bits per heavy atom. The zero-order valence-corrected chi connectivity index (χ0v) is 11.1. The summed E-state index contributed by atoms with van der Waals surface area (Å²) in [6.07, 6.45) is 12.8. The van der Waals surface area contributed by atoms with Gasteiger partial charge >= 0.3 is 0 Å². The first-order valence-corrected chi connectivity index (χ1v) is 6.51. The summed E-state index contributed by atoms with van der Waals surface area (Å²) in [5.74, 6) is 2.84. The summed E-state index contributed by atoms with van der Waals surface area (Å²) in [5, 5.41) is 3.65. The molecule has 1 aliphatic carbocycles. The van der Waals surface area contributed by atoms with Gasteiger partial charge < -0.3 is 10.2 Å². The molecule has 0 radical (unpaired) electrons. The molecular formula is C14H26N2. The molecule has 0 bridgehead atoms. The Balaban J connectivity index is 2.75. The highest BCUT2D eigenvalue weighted by atomic mass is 15.2. The predicted molar refractivity (Wildman–Crippen MR) is 70.4 cm³/mol. The first-order valence-electron chi connectivity index (χ1n) is 6.51. The molecule has 0 aromatic heterocycles. The second kappa shape index (κ2) is 6.27. The zero-order chi connectivity index (χ0) is 12.0. The topological polar surface area (TPSA) is 15.3 Å². The third-order valence-electron chi connectivity index (χ3n) is 3.97. The van der Waals surface area contributed by atoms with Crippen LogP contribution in [0, 0.1) is 12.3 Å². The van der Waals surface area contributed by atoms with E-state index in [0.29, 0.717) is 11.6 Å². The normalized spacial score (nSPS) is 20.9. The van der Waals surface area contributed by atoms with Gasteiger partial charge in [-0.15, -0.1) is 12.3 Å². The average molecular weight is 222 g/mol. The standard InChI is InChI=1S/C14H26N2/c1-5-9-13(15-12-6-2)14(16(3)4)10-7-8-11-14/h1,13,15H,6-12H2,2-4H3. The van der Waals surface area contributed by atoms with Crippen molar-refractivity contribution in [3.05, 3.63) is 0 Å². The Morgan fingerprint density at radius 2 is 2.00 bits per heavy atom. The summed E-state index contributed by atoms with van der Waals surface area (Å²) in [7, 11) is 4.39. The third kappa shape index (κ3) is 2.78. The van der Waals surface area contributed by atoms with Gasteiger partial charge in [0, 0.05) is 18.0 Å². The highest BCUT2D eigenvalue weighted by molar-refractivity contribution is 5.06. The Hall–Kier alpha value is -0.520. The minimum absolute atomic E-state index is 0.293. The quantitative estimate of drug-likeness (QED) is 0.694. The molecule has 92 valence electrons. The molecule has 0 amide bonds. The summed E-state index contributed by atoms with van der Waals surface area (Å²) in [6, 6.07) is 0.454. The highest BCUT2D eigenvalue weighted by Gasteiger charge is 2.42. The lowest BCUT2D eigenvalue weighted by molar-refractivity contribution is 0.106. The van der Waals surface area contributed by atoms with Crippen molar-refractivity contribution >= 4 is 0 Å². The SMILES string of the molecule is C#CCC(NCCC)C1(N(C)C)CCCC1. The fourth-order valence-electron chi connectivity index (χ4n) is 2.98. The molecule has 1 aliphatic rings. The van der Waals surface area contributed by atoms with E-state index in [4.69, 9.17) is 6.42 Å². The van der Waals surface area contributed by atoms with Gasteiger partial charge in [0.15, 0.2) is 0 Å². The van der Waals surface area contributed by atoms with Crippen LogP contribution in [-0.4, -0.2) is 37.1 Å². The number of nitrogens with zero attached hydrogens (tertiary/aromatic N) is 1. The minimum atomic E-state index is 0.293. The van der Waals surface area contributed by atoms with Crippen LogP contribution in [0.15, 0.2) is 0 Å². The lowest BCUT2D eigenvalue weighted by Crippen LogP contribution is -2.57. The monoisotopic (exact) mass is 222 g/mol. The van der Waals surface area contributed by atoms with Crippen molar-refractivity contribution in [1.29, 1.82) is 0 Å². The third-order valence-corrected chi connectivity index (χ3v) is 3.97. The number of hydrogen-bond donors (Lipinski definition) is 1. The molecule has 1 fully saturated rings. The van der Waals surface area contributed by atoms with Gasteiger partial charge in [-0.25, -0.2) is 0 Å². The fraction of sp³-hybridized carbons (Fsp3) is 0.857. The molecule has 2 nitrogen and oxygen atoms in total. The fourth-order valence-corrected chi connectivity index (χ4v) is 2.98. The van der Waals surface area contributed by atoms with E-state index in [1.165, 1.54) is 32.1 Å². The molecule has 1 saturated carbocycles. The van der Waals surface area contributed by atoms with Crippen LogP contribution in [-0.2, 0) is 0 Å². The van der Waals surface area contributed by atoms with Crippen molar-refractivity contribution in [2.24, 2.45) is 0 Å². The number of rotatable bonds is 6. The Labute approximate surface area is 101 Å². The lowest BCUT2D eigenvalue weighted by atomic mass is 9.85. The molecule has 0 saturated heterocycles. The minimum Gasteiger partial charge on any atom is -0.311 e. The van der Waals surface area contributed by atoms with E-state index in [9.17, 15) is 0 Å². The van der Waals surface area contributed by atoms with E-state index in [2.05, 4.69) is 37.2 Å². The summed E-state index contributed by atoms with van der Waals surface area (Å²) >= 11 is 0. The Morgan fingerprint density at radius 1 is 1.38 bits per heavy atom. The van der Waals surface area contributed by atoms with Crippen LogP contribution in [0.25, 0.3) is 0 Å². The van der Waals surface area contributed by atoms with Crippen molar-refractivity contribution in [3.8, 4) is 12.3 Å². The molecule has 1 unspecified atom stereocenters. The maximum absolute atomic E-state index is 5.52. The maximum Gasteiger partial charge on any atom is 0.0365 e. The van der Waals surface area contributed by atoms with Crippen LogP contribution in [0.2, 0.25) is 0 Å². The van der Waals surface area contributed by atoms with Crippen LogP contribution < -0.4 is 5.32 Å². The van der Waals surface area contributed by atoms with E-state index in [0.717, 1.165) is 13.0 Å². The van der Waals surface area contributed by atoms with Gasteiger partial charge in [0.25, 0.3) is 0 Å². The molecular weight excluding hydrogens is 196 g/mol. The summed E-state index contributed by atoms with van der Waals surface area (Å²) < 4.78 is 0. The van der Waals surface area contributed by atoms with E-state index in [1.807, 2.05) is 0 Å². The Bertz CT molecular complexity index is 234. The summed E-state index contributed by atoms with van der Waals surface area (Å²) in [5.41, 5.74) is 0.293. The van der Waals surface area contributed by atoms with Gasteiger partial charge in [-0.3, -0.25) is 0 Å². The first kappa shape index (κ1) is 13.5. The smallest absolute Gasteiger partial charge is 0.0365 e. The Kier molecular flexibility index (Phi) is 5.31. The summed E-state index contributed by atoms with van der Waals surface area (Å²) in [6.45, 7) is 3.28. The van der Waals surface area contributed by atoms with Crippen molar-refractivity contribution < 1.29 is 0 Å².